The summed E-state index contributed by atoms with van der Waals surface area (Å²) in [5.74, 6) is -0.471. The summed E-state index contributed by atoms with van der Waals surface area (Å²) in [5.41, 5.74) is 2.19. The highest BCUT2D eigenvalue weighted by molar-refractivity contribution is 7.13. The molecule has 1 fully saturated rings. The van der Waals surface area contributed by atoms with Crippen LogP contribution < -0.4 is 5.32 Å². The van der Waals surface area contributed by atoms with Crippen LogP contribution >= 0.6 is 11.3 Å². The van der Waals surface area contributed by atoms with E-state index in [0.29, 0.717) is 13.2 Å². The number of nitrogens with one attached hydrogen (secondary N) is 1. The van der Waals surface area contributed by atoms with E-state index in [1.54, 1.807) is 11.3 Å². The number of aromatic nitrogens is 1. The lowest BCUT2D eigenvalue weighted by Gasteiger charge is -2.35. The third kappa shape index (κ3) is 3.17. The van der Waals surface area contributed by atoms with E-state index in [1.165, 1.54) is 0 Å². The van der Waals surface area contributed by atoms with Crippen molar-refractivity contribution in [2.75, 3.05) is 18.5 Å². The zero-order valence-electron chi connectivity index (χ0n) is 11.6. The van der Waals surface area contributed by atoms with Crippen molar-refractivity contribution >= 4 is 17.0 Å². The molecule has 0 unspecified atom stereocenters. The van der Waals surface area contributed by atoms with Crippen molar-refractivity contribution in [3.05, 3.63) is 35.8 Å². The molecule has 0 aliphatic carbocycles. The Morgan fingerprint density at radius 2 is 2.10 bits per heavy atom. The molecule has 1 aromatic carbocycles. The fourth-order valence-corrected chi connectivity index (χ4v) is 2.75. The topological polar surface area (TPSA) is 43.4 Å². The van der Waals surface area contributed by atoms with Crippen LogP contribution in [0.15, 0.2) is 35.8 Å². The Labute approximate surface area is 122 Å². The first-order valence-electron chi connectivity index (χ1n) is 6.67. The molecule has 4 nitrogen and oxygen atoms in total. The van der Waals surface area contributed by atoms with Crippen LogP contribution in [-0.4, -0.2) is 30.0 Å². The highest BCUT2D eigenvalue weighted by Crippen LogP contribution is 2.25. The van der Waals surface area contributed by atoms with Crippen molar-refractivity contribution in [3.63, 3.8) is 0 Å². The highest BCUT2D eigenvalue weighted by Gasteiger charge is 2.28. The van der Waals surface area contributed by atoms with Gasteiger partial charge in [-0.2, -0.15) is 0 Å². The van der Waals surface area contributed by atoms with Crippen molar-refractivity contribution in [2.24, 2.45) is 0 Å². The van der Waals surface area contributed by atoms with Crippen LogP contribution in [-0.2, 0) is 9.47 Å². The third-order valence-electron chi connectivity index (χ3n) is 3.18. The van der Waals surface area contributed by atoms with E-state index in [-0.39, 0.29) is 6.04 Å². The summed E-state index contributed by atoms with van der Waals surface area (Å²) in [4.78, 5) is 4.33. The molecule has 1 aromatic heterocycles. The van der Waals surface area contributed by atoms with Crippen molar-refractivity contribution in [2.45, 2.75) is 25.7 Å². The Kier molecular flexibility index (Phi) is 3.74. The van der Waals surface area contributed by atoms with Gasteiger partial charge < -0.3 is 14.8 Å². The van der Waals surface area contributed by atoms with Crippen LogP contribution in [0.2, 0.25) is 0 Å². The van der Waals surface area contributed by atoms with Crippen molar-refractivity contribution in [3.8, 4) is 10.6 Å². The Balaban J connectivity index is 1.68. The van der Waals surface area contributed by atoms with Crippen molar-refractivity contribution in [1.29, 1.82) is 0 Å². The maximum absolute atomic E-state index is 5.66. The summed E-state index contributed by atoms with van der Waals surface area (Å²) in [5, 5.41) is 6.47. The van der Waals surface area contributed by atoms with Gasteiger partial charge in [0.1, 0.15) is 5.01 Å². The van der Waals surface area contributed by atoms with Gasteiger partial charge in [-0.3, -0.25) is 0 Å². The molecule has 0 spiro atoms. The van der Waals surface area contributed by atoms with E-state index in [9.17, 15) is 0 Å². The minimum absolute atomic E-state index is 0.176. The summed E-state index contributed by atoms with van der Waals surface area (Å²) >= 11 is 1.64. The van der Waals surface area contributed by atoms with Gasteiger partial charge in [-0.25, -0.2) is 4.98 Å². The molecule has 1 aliphatic rings. The summed E-state index contributed by atoms with van der Waals surface area (Å²) in [6.07, 6.45) is 1.82. The van der Waals surface area contributed by atoms with Gasteiger partial charge in [0.05, 0.1) is 19.3 Å². The Morgan fingerprint density at radius 3 is 2.80 bits per heavy atom. The van der Waals surface area contributed by atoms with Crippen LogP contribution in [0.4, 0.5) is 5.69 Å². The van der Waals surface area contributed by atoms with Gasteiger partial charge >= 0.3 is 0 Å². The molecular weight excluding hydrogens is 272 g/mol. The third-order valence-corrected chi connectivity index (χ3v) is 4.00. The normalized spacial score (nSPS) is 18.9. The standard InChI is InChI=1S/C15H18N2O2S/c1-15(2)18-9-13(10-19-15)17-12-5-3-4-11(8-12)14-16-6-7-20-14/h3-8,13,17H,9-10H2,1-2H3. The molecule has 0 radical (unpaired) electrons. The van der Waals surface area contributed by atoms with Crippen molar-refractivity contribution in [1.82, 2.24) is 4.98 Å². The predicted octanol–water partition coefficient (Wildman–Crippen LogP) is 3.37. The molecule has 20 heavy (non-hydrogen) atoms. The fourth-order valence-electron chi connectivity index (χ4n) is 2.12. The first kappa shape index (κ1) is 13.5. The number of ether oxygens (including phenoxy) is 2. The molecule has 0 bridgehead atoms. The largest absolute Gasteiger partial charge is 0.378 e. The highest BCUT2D eigenvalue weighted by atomic mass is 32.1. The molecule has 0 amide bonds. The van der Waals surface area contributed by atoms with E-state index < -0.39 is 5.79 Å². The average Bonchev–Trinajstić information content (AvgIpc) is 2.96. The molecule has 0 saturated carbocycles. The SMILES string of the molecule is CC1(C)OCC(Nc2cccc(-c3nccs3)c2)CO1. The van der Waals surface area contributed by atoms with E-state index >= 15 is 0 Å². The van der Waals surface area contributed by atoms with Crippen LogP contribution in [0.1, 0.15) is 13.8 Å². The lowest BCUT2D eigenvalue weighted by atomic mass is 10.2. The number of hydrogen-bond donors (Lipinski definition) is 1. The second kappa shape index (κ2) is 5.52. The zero-order valence-corrected chi connectivity index (χ0v) is 12.4. The maximum Gasteiger partial charge on any atom is 0.162 e. The second-order valence-corrected chi connectivity index (χ2v) is 6.18. The number of anilines is 1. The molecule has 3 rings (SSSR count). The fraction of sp³-hybridized carbons (Fsp3) is 0.400. The molecule has 2 aromatic rings. The van der Waals surface area contributed by atoms with Crippen LogP contribution in [0.3, 0.4) is 0 Å². The monoisotopic (exact) mass is 290 g/mol. The number of rotatable bonds is 3. The number of thiazole rings is 1. The Morgan fingerprint density at radius 1 is 1.30 bits per heavy atom. The Hall–Kier alpha value is -1.43. The van der Waals surface area contributed by atoms with Gasteiger partial charge in [0.15, 0.2) is 5.79 Å². The summed E-state index contributed by atoms with van der Waals surface area (Å²) < 4.78 is 11.3. The molecular formula is C15H18N2O2S. The lowest BCUT2D eigenvalue weighted by molar-refractivity contribution is -0.247. The summed E-state index contributed by atoms with van der Waals surface area (Å²) in [6, 6.07) is 8.44. The van der Waals surface area contributed by atoms with Gasteiger partial charge in [-0.05, 0) is 26.0 Å². The molecule has 1 aliphatic heterocycles. The molecule has 2 heterocycles. The molecule has 106 valence electrons. The van der Waals surface area contributed by atoms with Gasteiger partial charge in [0, 0.05) is 22.8 Å². The molecule has 1 N–H and O–H groups in total. The van der Waals surface area contributed by atoms with Gasteiger partial charge in [-0.15, -0.1) is 11.3 Å². The summed E-state index contributed by atoms with van der Waals surface area (Å²) in [6.45, 7) is 5.17. The van der Waals surface area contributed by atoms with E-state index in [2.05, 4.69) is 28.5 Å². The Bertz CT molecular complexity index is 559. The molecule has 5 heteroatoms. The van der Waals surface area contributed by atoms with Gasteiger partial charge in [-0.1, -0.05) is 12.1 Å². The minimum atomic E-state index is -0.471. The van der Waals surface area contributed by atoms with Crippen molar-refractivity contribution < 1.29 is 9.47 Å². The molecule has 0 atom stereocenters. The van der Waals surface area contributed by atoms with Crippen LogP contribution in [0.5, 0.6) is 0 Å². The predicted molar refractivity (Wildman–Crippen MR) is 80.9 cm³/mol. The zero-order chi connectivity index (χ0) is 14.0. The van der Waals surface area contributed by atoms with E-state index in [4.69, 9.17) is 9.47 Å². The van der Waals surface area contributed by atoms with Crippen LogP contribution in [0, 0.1) is 0 Å². The summed E-state index contributed by atoms with van der Waals surface area (Å²) in [7, 11) is 0. The molecule has 1 saturated heterocycles. The number of benzene rings is 1. The quantitative estimate of drug-likeness (QED) is 0.941. The van der Waals surface area contributed by atoms with Gasteiger partial charge in [0.25, 0.3) is 0 Å². The van der Waals surface area contributed by atoms with E-state index in [0.717, 1.165) is 16.3 Å². The second-order valence-electron chi connectivity index (χ2n) is 5.28. The van der Waals surface area contributed by atoms with Gasteiger partial charge in [0.2, 0.25) is 0 Å². The van der Waals surface area contributed by atoms with E-state index in [1.807, 2.05) is 31.5 Å². The minimum Gasteiger partial charge on any atom is -0.378 e. The smallest absolute Gasteiger partial charge is 0.162 e. The van der Waals surface area contributed by atoms with Crippen LogP contribution in [0.25, 0.3) is 10.6 Å². The number of nitrogens with zero attached hydrogens (tertiary/aromatic N) is 1. The number of hydrogen-bond acceptors (Lipinski definition) is 5. The average molecular weight is 290 g/mol. The first-order valence-corrected chi connectivity index (χ1v) is 7.55. The lowest BCUT2D eigenvalue weighted by Crippen LogP contribution is -2.45. The first-order chi connectivity index (χ1) is 9.62. The maximum atomic E-state index is 5.66.